The Hall–Kier alpha value is -15.1. The van der Waals surface area contributed by atoms with Crippen LogP contribution in [0.5, 0.6) is 0 Å². The number of hydrogen-bond acceptors (Lipinski definition) is 26. The molecule has 6 aliphatic rings. The first-order valence-electron chi connectivity index (χ1n) is 42.8. The van der Waals surface area contributed by atoms with E-state index in [2.05, 4.69) is 136 Å². The van der Waals surface area contributed by atoms with Crippen LogP contribution in [-0.4, -0.2) is 268 Å². The van der Waals surface area contributed by atoms with Crippen LogP contribution in [0.2, 0.25) is 0 Å². The van der Waals surface area contributed by atoms with Gasteiger partial charge in [0.1, 0.15) is 68.0 Å². The molecule has 0 aromatic carbocycles. The number of nitriles is 5. The average molecular weight is 1940 g/mol. The van der Waals surface area contributed by atoms with E-state index in [4.69, 9.17) is 19.7 Å². The van der Waals surface area contributed by atoms with Crippen LogP contribution in [0.15, 0.2) is 154 Å². The Morgan fingerprint density at radius 1 is 0.423 bits per heavy atom. The molecule has 5 saturated heterocycles. The van der Waals surface area contributed by atoms with Gasteiger partial charge in [-0.25, -0.2) is 72.4 Å². The van der Waals surface area contributed by atoms with Crippen LogP contribution >= 0.6 is 0 Å². The molecule has 1 aliphatic carbocycles. The first kappa shape index (κ1) is 93.7. The maximum absolute atomic E-state index is 12.8. The molecular weight excluding hydrogens is 1850 g/mol. The Morgan fingerprint density at radius 2 is 0.774 bits per heavy atom. The van der Waals surface area contributed by atoms with E-state index in [-0.39, 0.29) is 102 Å². The van der Waals surface area contributed by atoms with E-state index in [0.29, 0.717) is 77.0 Å². The highest BCUT2D eigenvalue weighted by atomic mass is 32.2. The zero-order valence-corrected chi connectivity index (χ0v) is 78.5. The molecule has 137 heavy (non-hydrogen) atoms. The fraction of sp³-hybridized carbons (Fsp3) is 0.352. The number of imidazole rings is 1. The highest BCUT2D eigenvalue weighted by Crippen LogP contribution is 2.50. The van der Waals surface area contributed by atoms with Gasteiger partial charge in [-0.05, 0) is 82.8 Å². The zero-order chi connectivity index (χ0) is 97.1. The quantitative estimate of drug-likeness (QED) is 0.0277. The van der Waals surface area contributed by atoms with Crippen molar-refractivity contribution in [2.75, 3.05) is 89.0 Å². The third kappa shape index (κ3) is 16.9. The summed E-state index contributed by atoms with van der Waals surface area (Å²) in [4.78, 5) is 55.6. The van der Waals surface area contributed by atoms with E-state index in [0.717, 1.165) is 77.2 Å². The van der Waals surface area contributed by atoms with Crippen LogP contribution in [-0.2, 0) is 77.5 Å². The van der Waals surface area contributed by atoms with Crippen LogP contribution in [0.1, 0.15) is 72.6 Å². The molecule has 15 aromatic rings. The number of H-pyrrole nitrogens is 5. The predicted octanol–water partition coefficient (Wildman–Crippen LogP) is 9.39. The second kappa shape index (κ2) is 35.9. The molecule has 44 nitrogen and oxygen atoms in total. The molecule has 49 heteroatoms. The highest BCUT2D eigenvalue weighted by Gasteiger charge is 2.60. The molecule has 0 amide bonds. The van der Waals surface area contributed by atoms with Gasteiger partial charge in [-0.3, -0.25) is 42.6 Å². The van der Waals surface area contributed by atoms with Gasteiger partial charge in [-0.15, -0.1) is 0 Å². The first-order chi connectivity index (χ1) is 65.6. The third-order valence-electron chi connectivity index (χ3n) is 26.0. The van der Waals surface area contributed by atoms with Gasteiger partial charge in [-0.1, -0.05) is 0 Å². The molecule has 15 aromatic heterocycles. The topological polar surface area (TPSA) is 560 Å². The largest absolute Gasteiger partial charge is 0.346 e. The van der Waals surface area contributed by atoms with Gasteiger partial charge < -0.3 is 24.9 Å². The summed E-state index contributed by atoms with van der Waals surface area (Å²) < 4.78 is 126. The molecule has 0 bridgehead atoms. The SMILES string of the molecule is CCS(=O)(=O)N1CC(CC#N)(n2cc(-c3ccnc4nc[nH]c34)cn2)C1.CCS(=O)(=O)N1CC(CC#N)(n2ccc(-c3ncnc4[nH]ccc34)n2)C1.[C-]#[N+]c1cnc2[nH]ccc2c1-c1cnn(C2(CC#N)CN(S(=C)(C)=O)C2)c1.[C-]#[N+]c1cnc2[nH]ccc2c1-c1cnn(C2(CC#N)CN(S(=O)(=O)C3(C)CC3)C2)c1.[C-]#[N+]c1cnc2[nH]ccc2c1-c1cnn(C2(CC#N)CN(S(=O)(=O)CC)C2)c1. The van der Waals surface area contributed by atoms with Gasteiger partial charge in [-0.2, -0.15) is 69.0 Å². The van der Waals surface area contributed by atoms with Crippen LogP contribution in [0.3, 0.4) is 0 Å². The van der Waals surface area contributed by atoms with E-state index in [1.54, 1.807) is 149 Å². The van der Waals surface area contributed by atoms with E-state index in [9.17, 15) is 64.2 Å². The zero-order valence-electron chi connectivity index (χ0n) is 74.4. The number of rotatable bonds is 24. The molecule has 6 fully saturated rings. The molecule has 0 radical (unpaired) electrons. The van der Waals surface area contributed by atoms with Gasteiger partial charge in [0.25, 0.3) is 0 Å². The molecule has 698 valence electrons. The fourth-order valence-corrected chi connectivity index (χ4v) is 24.5. The number of hydrogen-bond donors (Lipinski definition) is 5. The Balaban J connectivity index is 0.000000119. The van der Waals surface area contributed by atoms with Crippen molar-refractivity contribution in [3.8, 4) is 86.2 Å². The van der Waals surface area contributed by atoms with Gasteiger partial charge in [0.2, 0.25) is 57.2 Å². The minimum absolute atomic E-state index is 0.0246. The molecule has 21 rings (SSSR count). The summed E-state index contributed by atoms with van der Waals surface area (Å²) in [5.74, 6) is 3.84. The third-order valence-corrected chi connectivity index (χ3v) is 35.3. The van der Waals surface area contributed by atoms with Crippen molar-refractivity contribution < 1.29 is 37.9 Å². The van der Waals surface area contributed by atoms with Crippen LogP contribution in [0, 0.1) is 76.4 Å². The summed E-state index contributed by atoms with van der Waals surface area (Å²) in [7, 11) is -15.5. The van der Waals surface area contributed by atoms with Gasteiger partial charge >= 0.3 is 0 Å². The lowest BCUT2D eigenvalue weighted by molar-refractivity contribution is 0.0707. The summed E-state index contributed by atoms with van der Waals surface area (Å²) in [6.45, 7) is 31.8. The van der Waals surface area contributed by atoms with E-state index >= 15 is 0 Å². The van der Waals surface area contributed by atoms with Crippen molar-refractivity contribution in [3.63, 3.8) is 0 Å². The van der Waals surface area contributed by atoms with Crippen molar-refractivity contribution in [1.29, 1.82) is 26.3 Å². The maximum Gasteiger partial charge on any atom is 0.219 e. The normalized spacial score (nSPS) is 17.8. The molecule has 20 heterocycles. The van der Waals surface area contributed by atoms with Gasteiger partial charge in [0, 0.05) is 228 Å². The molecule has 1 atom stereocenters. The minimum atomic E-state index is -3.37. The van der Waals surface area contributed by atoms with Crippen molar-refractivity contribution in [2.24, 2.45) is 0 Å². The predicted molar refractivity (Wildman–Crippen MR) is 506 cm³/mol. The Labute approximate surface area is 786 Å². The summed E-state index contributed by atoms with van der Waals surface area (Å²) in [5, 5.41) is 72.2. The number of nitrogens with one attached hydrogen (secondary N) is 5. The standard InChI is InChI=1S/C20H19N7O2S.C18H17N7O2S.C18H17N7OS.2C16H17N7O2S/c1-19(4-5-19)30(28,29)26-12-20(13-26,6-7-21)27-11-14(9-25-27)17-15-3-8-23-18(15)24-10-16(17)22-2;1-3-28(26,27)24-11-18(12-24,5-6-19)25-10-13(8-23-25)16-14-4-7-21-17(14)22-9-15(16)20-2;1-20-15-9-22-17-14(4-7-21-17)16(15)13-8-23-25(10-13)18(5-6-19)11-24(12-18)27(2,3)26;1-2-26(24,25)22-9-16(10-22,5-6-17)23-8-4-13(21-23)14-12-3-7-18-15(12)20-11-19-14;1-2-26(24,25)22-9-16(10-22,4-5-17)23-8-12(7-21-23)13-3-6-18-15-14(13)19-11-20-15/h3,8-11H,4-6,12-13H2,1H3,(H,23,24);4,7-10H,3,5,11-12H2,1H3,(H,21,22);4,7-10H,2,5,11-12H2,3H3,(H,21,22);3-4,7-8,11H,2,5,9-10H2,1H3,(H,18,19,20);3,6-8,11H,2,4,9-10H2,1H3,(H,18,19,20). The van der Waals surface area contributed by atoms with Crippen LogP contribution in [0.4, 0.5) is 17.1 Å². The van der Waals surface area contributed by atoms with Crippen molar-refractivity contribution in [2.45, 2.75) is 105 Å². The second-order valence-electron chi connectivity index (χ2n) is 34.7. The smallest absolute Gasteiger partial charge is 0.219 e. The summed E-state index contributed by atoms with van der Waals surface area (Å²) in [6, 6.07) is 22.1. The minimum Gasteiger partial charge on any atom is -0.346 e. The summed E-state index contributed by atoms with van der Waals surface area (Å²) in [5.41, 5.74) is 9.84. The number of aromatic nitrogens is 22. The van der Waals surface area contributed by atoms with Gasteiger partial charge in [0.05, 0.1) is 141 Å². The molecule has 1 unspecified atom stereocenters. The lowest BCUT2D eigenvalue weighted by Gasteiger charge is -2.49. The molecular formula is C88H87N35O9S5. The maximum atomic E-state index is 12.8. The van der Waals surface area contributed by atoms with Crippen molar-refractivity contribution in [1.82, 2.24) is 130 Å². The van der Waals surface area contributed by atoms with E-state index in [1.165, 1.54) is 35.9 Å². The first-order valence-corrected chi connectivity index (χ1v) is 51.2. The number of pyridine rings is 4. The van der Waals surface area contributed by atoms with Gasteiger partial charge in [0.15, 0.2) is 5.65 Å². The van der Waals surface area contributed by atoms with Crippen LogP contribution in [0.25, 0.3) is 126 Å². The van der Waals surface area contributed by atoms with Crippen molar-refractivity contribution in [3.05, 3.63) is 189 Å². The highest BCUT2D eigenvalue weighted by molar-refractivity contribution is 7.97. The molecule has 5 N–H and O–H groups in total. The Kier molecular flexibility index (Phi) is 24.6. The monoisotopic (exact) mass is 1940 g/mol. The average Bonchev–Trinajstić information content (AvgIpc) is 1.53. The summed E-state index contributed by atoms with van der Waals surface area (Å²) >= 11 is 0. The van der Waals surface area contributed by atoms with E-state index in [1.807, 2.05) is 48.8 Å². The molecule has 5 aliphatic heterocycles. The Bertz CT molecular complexity index is 8050. The van der Waals surface area contributed by atoms with E-state index < -0.39 is 82.2 Å². The number of fused-ring (bicyclic) bond motifs is 5. The number of sulfonamides is 4. The summed E-state index contributed by atoms with van der Waals surface area (Å²) in [6.07, 6.45) is 36.1. The lowest BCUT2D eigenvalue weighted by atomic mass is 9.89. The Morgan fingerprint density at radius 3 is 1.14 bits per heavy atom. The second-order valence-corrected chi connectivity index (χ2v) is 46.3. The fourth-order valence-electron chi connectivity index (χ4n) is 17.7. The molecule has 0 spiro atoms. The molecule has 1 saturated carbocycles. The van der Waals surface area contributed by atoms with Crippen LogP contribution < -0.4 is 0 Å². The number of aromatic amines is 5. The lowest BCUT2D eigenvalue weighted by Crippen LogP contribution is -2.65. The van der Waals surface area contributed by atoms with Crippen molar-refractivity contribution >= 4 is 128 Å². The number of nitrogens with zero attached hydrogens (tertiary/aromatic N) is 30.